The van der Waals surface area contributed by atoms with Crippen LogP contribution in [0.5, 0.6) is 0 Å². The van der Waals surface area contributed by atoms with Crippen molar-refractivity contribution in [1.29, 1.82) is 0 Å². The van der Waals surface area contributed by atoms with Gasteiger partial charge in [0.1, 0.15) is 0 Å². The number of aliphatic hydroxyl groups excluding tert-OH is 1. The number of hydrogen-bond acceptors (Lipinski definition) is 3. The van der Waals surface area contributed by atoms with E-state index >= 15 is 0 Å². The number of carbonyl (C=O) groups is 1. The van der Waals surface area contributed by atoms with E-state index in [1.807, 2.05) is 6.92 Å². The zero-order valence-electron chi connectivity index (χ0n) is 22.8. The quantitative estimate of drug-likeness (QED) is 0.447. The first-order valence-electron chi connectivity index (χ1n) is 14.1. The smallest absolute Gasteiger partial charge is 0.223 e. The average molecular weight is 471 g/mol. The number of allylic oxidation sites excluding steroid dienone is 2. The Labute approximate surface area is 207 Å². The third kappa shape index (κ3) is 2.88. The number of primary amides is 1. The Bertz CT molecular complexity index is 911. The number of aliphatic hydroxyl groups is 1. The van der Waals surface area contributed by atoms with Crippen molar-refractivity contribution in [3.8, 4) is 0 Å². The highest BCUT2D eigenvalue weighted by atomic mass is 16.3. The van der Waals surface area contributed by atoms with E-state index < -0.39 is 23.5 Å². The van der Waals surface area contributed by atoms with Crippen molar-refractivity contribution in [2.24, 2.45) is 68.6 Å². The van der Waals surface area contributed by atoms with Crippen LogP contribution in [0.2, 0.25) is 0 Å². The molecule has 34 heavy (non-hydrogen) atoms. The van der Waals surface area contributed by atoms with E-state index in [0.29, 0.717) is 23.7 Å². The summed E-state index contributed by atoms with van der Waals surface area (Å²) >= 11 is 0. The topological polar surface area (TPSA) is 89.3 Å². The molecule has 5 rings (SSSR count). The zero-order valence-corrected chi connectivity index (χ0v) is 22.8. The molecule has 0 aromatic rings. The number of hydrogen-bond donors (Lipinski definition) is 3. The fourth-order valence-electron chi connectivity index (χ4n) is 11.0. The minimum Gasteiger partial charge on any atom is -0.390 e. The summed E-state index contributed by atoms with van der Waals surface area (Å²) in [5, 5.41) is 11.1. The normalized spacial score (nSPS) is 59.1. The Kier molecular flexibility index (Phi) is 5.36. The lowest BCUT2D eigenvalue weighted by molar-refractivity contribution is -0.200. The van der Waals surface area contributed by atoms with Crippen LogP contribution in [0.4, 0.5) is 0 Å². The van der Waals surface area contributed by atoms with Crippen LogP contribution in [-0.2, 0) is 4.79 Å². The number of fused-ring (bicyclic) bond motifs is 7. The van der Waals surface area contributed by atoms with Gasteiger partial charge >= 0.3 is 0 Å². The molecule has 4 saturated carbocycles. The number of rotatable bonds is 1. The van der Waals surface area contributed by atoms with Crippen LogP contribution in [0, 0.1) is 57.2 Å². The third-order valence-corrected chi connectivity index (χ3v) is 13.5. The summed E-state index contributed by atoms with van der Waals surface area (Å²) in [5.74, 6) is 1.89. The van der Waals surface area contributed by atoms with Gasteiger partial charge in [-0.25, -0.2) is 0 Å². The number of carbonyl (C=O) groups excluding carboxylic acids is 1. The van der Waals surface area contributed by atoms with Gasteiger partial charge in [-0.1, -0.05) is 53.2 Å². The maximum absolute atomic E-state index is 12.5. The molecule has 192 valence electrons. The van der Waals surface area contributed by atoms with E-state index in [-0.39, 0.29) is 22.2 Å². The zero-order chi connectivity index (χ0) is 25.1. The summed E-state index contributed by atoms with van der Waals surface area (Å²) < 4.78 is 0. The second-order valence-corrected chi connectivity index (χ2v) is 14.8. The van der Waals surface area contributed by atoms with Crippen molar-refractivity contribution >= 4 is 5.91 Å². The summed E-state index contributed by atoms with van der Waals surface area (Å²) in [6.45, 7) is 17.1. The van der Waals surface area contributed by atoms with Crippen LogP contribution < -0.4 is 11.5 Å². The molecule has 0 heterocycles. The molecule has 4 fully saturated rings. The molecule has 1 unspecified atom stereocenters. The van der Waals surface area contributed by atoms with Crippen LogP contribution in [0.25, 0.3) is 0 Å². The molecule has 12 atom stereocenters. The van der Waals surface area contributed by atoms with Gasteiger partial charge in [-0.3, -0.25) is 4.79 Å². The molecule has 1 amide bonds. The summed E-state index contributed by atoms with van der Waals surface area (Å²) in [7, 11) is 0. The second kappa shape index (κ2) is 7.34. The number of amides is 1. The lowest BCUT2D eigenvalue weighted by atomic mass is 9.33. The van der Waals surface area contributed by atoms with Gasteiger partial charge in [-0.2, -0.15) is 0 Å². The van der Waals surface area contributed by atoms with Crippen molar-refractivity contribution in [2.45, 2.75) is 111 Å². The van der Waals surface area contributed by atoms with Gasteiger partial charge in [0.15, 0.2) is 0 Å². The van der Waals surface area contributed by atoms with Crippen LogP contribution in [0.15, 0.2) is 11.6 Å². The van der Waals surface area contributed by atoms with Gasteiger partial charge < -0.3 is 16.6 Å². The summed E-state index contributed by atoms with van der Waals surface area (Å²) in [6, 6.07) is 0. The maximum Gasteiger partial charge on any atom is 0.223 e. The molecule has 0 aliphatic heterocycles. The van der Waals surface area contributed by atoms with E-state index in [1.54, 1.807) is 5.57 Å². The van der Waals surface area contributed by atoms with E-state index in [0.717, 1.165) is 31.1 Å². The highest BCUT2D eigenvalue weighted by Gasteiger charge is 2.69. The van der Waals surface area contributed by atoms with Crippen molar-refractivity contribution in [3.05, 3.63) is 11.6 Å². The Hall–Kier alpha value is -0.870. The average Bonchev–Trinajstić information content (AvgIpc) is 2.74. The minimum atomic E-state index is -0.863. The molecule has 4 nitrogen and oxygen atoms in total. The van der Waals surface area contributed by atoms with Crippen molar-refractivity contribution in [2.75, 3.05) is 0 Å². The Morgan fingerprint density at radius 3 is 2.32 bits per heavy atom. The molecule has 0 radical (unpaired) electrons. The highest BCUT2D eigenvalue weighted by Crippen LogP contribution is 2.75. The summed E-state index contributed by atoms with van der Waals surface area (Å²) in [4.78, 5) is 12.5. The number of nitrogens with two attached hydrogens (primary N) is 2. The third-order valence-electron chi connectivity index (χ3n) is 13.5. The first-order chi connectivity index (χ1) is 15.6. The Balaban J connectivity index is 1.61. The SMILES string of the molecule is C[C@H]1[C@H](C)CC[C@]2(C)CC[C@]3(C)C(=CC[C@@H]4[C@@]5(C)CC(C(N)=O)[C@H](O)[C@](C)(N)[C@@H]5CC[C@]43C)[C@H]12. The Morgan fingerprint density at radius 2 is 1.68 bits per heavy atom. The van der Waals surface area contributed by atoms with Crippen LogP contribution >= 0.6 is 0 Å². The van der Waals surface area contributed by atoms with Crippen LogP contribution in [0.3, 0.4) is 0 Å². The van der Waals surface area contributed by atoms with E-state index in [9.17, 15) is 9.90 Å². The van der Waals surface area contributed by atoms with Gasteiger partial charge in [-0.15, -0.1) is 0 Å². The predicted molar refractivity (Wildman–Crippen MR) is 138 cm³/mol. The van der Waals surface area contributed by atoms with Crippen molar-refractivity contribution in [1.82, 2.24) is 0 Å². The molecule has 0 spiro atoms. The Morgan fingerprint density at radius 1 is 1.00 bits per heavy atom. The first kappa shape index (κ1) is 24.8. The molecule has 5 aliphatic rings. The molecular weight excluding hydrogens is 420 g/mol. The molecule has 5 aliphatic carbocycles. The summed E-state index contributed by atoms with van der Waals surface area (Å²) in [5.41, 5.74) is 14.4. The highest BCUT2D eigenvalue weighted by molar-refractivity contribution is 5.78. The monoisotopic (exact) mass is 470 g/mol. The van der Waals surface area contributed by atoms with Crippen molar-refractivity contribution < 1.29 is 9.90 Å². The van der Waals surface area contributed by atoms with E-state index in [4.69, 9.17) is 11.5 Å². The van der Waals surface area contributed by atoms with Gasteiger partial charge in [0.2, 0.25) is 5.91 Å². The molecular formula is C30H50N2O2. The molecule has 4 heteroatoms. The molecule has 0 aromatic carbocycles. The largest absolute Gasteiger partial charge is 0.390 e. The minimum absolute atomic E-state index is 0.104. The summed E-state index contributed by atoms with van der Waals surface area (Å²) in [6.07, 6.45) is 11.0. The fourth-order valence-corrected chi connectivity index (χ4v) is 11.0. The van der Waals surface area contributed by atoms with Gasteiger partial charge in [0.05, 0.1) is 12.0 Å². The lowest BCUT2D eigenvalue weighted by Gasteiger charge is -2.71. The van der Waals surface area contributed by atoms with E-state index in [1.165, 1.54) is 25.7 Å². The fraction of sp³-hybridized carbons (Fsp3) is 0.900. The second-order valence-electron chi connectivity index (χ2n) is 14.8. The molecule has 0 bridgehead atoms. The van der Waals surface area contributed by atoms with E-state index in [2.05, 4.69) is 47.6 Å². The lowest BCUT2D eigenvalue weighted by Crippen LogP contribution is -2.72. The van der Waals surface area contributed by atoms with Crippen LogP contribution in [0.1, 0.15) is 99.8 Å². The van der Waals surface area contributed by atoms with Gasteiger partial charge in [0.25, 0.3) is 0 Å². The molecule has 5 N–H and O–H groups in total. The maximum atomic E-state index is 12.5. The first-order valence-corrected chi connectivity index (χ1v) is 14.1. The predicted octanol–water partition coefficient (Wildman–Crippen LogP) is 5.43. The van der Waals surface area contributed by atoms with Crippen LogP contribution in [-0.4, -0.2) is 22.7 Å². The van der Waals surface area contributed by atoms with Gasteiger partial charge in [0, 0.05) is 5.54 Å². The molecule has 0 aromatic heterocycles. The van der Waals surface area contributed by atoms with Crippen molar-refractivity contribution in [3.63, 3.8) is 0 Å². The van der Waals surface area contributed by atoms with Gasteiger partial charge in [-0.05, 0) is 110 Å². The molecule has 0 saturated heterocycles. The standard InChI is InChI=1S/C30H50N2O2/c1-17-10-12-26(3)14-15-28(5)20(23(26)18(17)2)8-9-21-27(4)16-19(25(31)34)24(33)30(7,32)22(27)11-13-29(21,28)6/h8,17-19,21-24,33H,9-16,32H2,1-7H3,(H2,31,34)/t17-,18+,19?,21-,22-,23+,24+,26-,27-,28-,29-,30-/m1/s1.